The first-order valence-corrected chi connectivity index (χ1v) is 8.43. The number of urea groups is 1. The zero-order chi connectivity index (χ0) is 18.9. The van der Waals surface area contributed by atoms with Crippen LogP contribution in [0.2, 0.25) is 0 Å². The van der Waals surface area contributed by atoms with Crippen LogP contribution in [-0.4, -0.2) is 42.3 Å². The number of rotatable bonds is 8. The number of hydrogen-bond donors (Lipinski definition) is 2. The van der Waals surface area contributed by atoms with Gasteiger partial charge in [-0.15, -0.1) is 0 Å². The lowest BCUT2D eigenvalue weighted by Crippen LogP contribution is -2.42. The average molecular weight is 356 g/mol. The summed E-state index contributed by atoms with van der Waals surface area (Å²) in [5.74, 6) is -0.969. The third-order valence-electron chi connectivity index (χ3n) is 4.19. The number of hydrogen-bond acceptors (Lipinski definition) is 3. The van der Waals surface area contributed by atoms with Crippen LogP contribution < -0.4 is 5.32 Å². The molecule has 1 unspecified atom stereocenters. The Labute approximate surface area is 153 Å². The van der Waals surface area contributed by atoms with E-state index < -0.39 is 5.97 Å². The Morgan fingerprint density at radius 2 is 1.77 bits per heavy atom. The highest BCUT2D eigenvalue weighted by atomic mass is 16.5. The molecule has 0 saturated heterocycles. The van der Waals surface area contributed by atoms with E-state index in [0.29, 0.717) is 19.7 Å². The molecule has 2 N–H and O–H groups in total. The van der Waals surface area contributed by atoms with Gasteiger partial charge in [0, 0.05) is 20.2 Å². The van der Waals surface area contributed by atoms with Gasteiger partial charge in [0.15, 0.2) is 0 Å². The van der Waals surface area contributed by atoms with Crippen molar-refractivity contribution in [2.75, 3.05) is 20.3 Å². The molecule has 0 saturated carbocycles. The van der Waals surface area contributed by atoms with Gasteiger partial charge in [0.05, 0.1) is 18.2 Å². The minimum Gasteiger partial charge on any atom is -0.478 e. The molecule has 0 aliphatic carbocycles. The number of amides is 2. The molecule has 0 aromatic heterocycles. The fraction of sp³-hybridized carbons (Fsp3) is 0.300. The summed E-state index contributed by atoms with van der Waals surface area (Å²) in [6.07, 6.45) is 0. The lowest BCUT2D eigenvalue weighted by Gasteiger charge is -2.29. The van der Waals surface area contributed by atoms with Crippen molar-refractivity contribution in [2.45, 2.75) is 19.5 Å². The van der Waals surface area contributed by atoms with Crippen molar-refractivity contribution < 1.29 is 19.4 Å². The van der Waals surface area contributed by atoms with E-state index in [9.17, 15) is 9.59 Å². The number of carbonyl (C=O) groups excluding carboxylic acids is 1. The number of carbonyl (C=O) groups is 2. The smallest absolute Gasteiger partial charge is 0.335 e. The monoisotopic (exact) mass is 356 g/mol. The van der Waals surface area contributed by atoms with Gasteiger partial charge in [0.2, 0.25) is 0 Å². The van der Waals surface area contributed by atoms with Crippen LogP contribution >= 0.6 is 0 Å². The molecule has 2 rings (SSSR count). The van der Waals surface area contributed by atoms with Gasteiger partial charge in [0.1, 0.15) is 0 Å². The second-order valence-corrected chi connectivity index (χ2v) is 5.93. The van der Waals surface area contributed by atoms with Gasteiger partial charge in [-0.3, -0.25) is 0 Å². The van der Waals surface area contributed by atoms with Crippen molar-refractivity contribution in [3.8, 4) is 0 Å². The molecule has 2 amide bonds. The Kier molecular flexibility index (Phi) is 7.17. The van der Waals surface area contributed by atoms with E-state index in [-0.39, 0.29) is 17.6 Å². The number of ether oxygens (including phenoxy) is 1. The molecular formula is C20H24N2O4. The molecule has 26 heavy (non-hydrogen) atoms. The highest BCUT2D eigenvalue weighted by molar-refractivity contribution is 5.87. The molecule has 0 spiro atoms. The van der Waals surface area contributed by atoms with Crippen LogP contribution in [0.15, 0.2) is 54.6 Å². The van der Waals surface area contributed by atoms with Gasteiger partial charge in [-0.05, 0) is 30.2 Å². The van der Waals surface area contributed by atoms with Crippen LogP contribution in [0, 0.1) is 0 Å². The lowest BCUT2D eigenvalue weighted by molar-refractivity contribution is 0.0697. The highest BCUT2D eigenvalue weighted by Crippen LogP contribution is 2.19. The standard InChI is InChI=1S/C20H24N2O4/c1-15(17-6-4-3-5-7-17)22(12-13-26-2)20(25)21-14-16-8-10-18(11-9-16)19(23)24/h3-11,15H,12-14H2,1-2H3,(H,21,25)(H,23,24). The first-order valence-electron chi connectivity index (χ1n) is 8.43. The van der Waals surface area contributed by atoms with Crippen LogP contribution in [0.4, 0.5) is 4.79 Å². The second kappa shape index (κ2) is 9.58. The molecule has 0 aliphatic heterocycles. The summed E-state index contributed by atoms with van der Waals surface area (Å²) in [5, 5.41) is 11.8. The molecule has 6 heteroatoms. The summed E-state index contributed by atoms with van der Waals surface area (Å²) in [6, 6.07) is 16.0. The maximum Gasteiger partial charge on any atom is 0.335 e. The topological polar surface area (TPSA) is 78.9 Å². The fourth-order valence-corrected chi connectivity index (χ4v) is 2.62. The normalized spacial score (nSPS) is 11.6. The number of carboxylic acids is 1. The maximum absolute atomic E-state index is 12.7. The molecule has 0 aliphatic rings. The van der Waals surface area contributed by atoms with Crippen molar-refractivity contribution in [1.29, 1.82) is 0 Å². The number of aromatic carboxylic acids is 1. The van der Waals surface area contributed by atoms with E-state index in [0.717, 1.165) is 11.1 Å². The lowest BCUT2D eigenvalue weighted by atomic mass is 10.1. The zero-order valence-corrected chi connectivity index (χ0v) is 15.0. The third-order valence-corrected chi connectivity index (χ3v) is 4.19. The Hall–Kier alpha value is -2.86. The summed E-state index contributed by atoms with van der Waals surface area (Å²) in [4.78, 5) is 25.3. The Morgan fingerprint density at radius 1 is 1.12 bits per heavy atom. The van der Waals surface area contributed by atoms with Crippen LogP contribution in [0.5, 0.6) is 0 Å². The average Bonchev–Trinajstić information content (AvgIpc) is 2.67. The zero-order valence-electron chi connectivity index (χ0n) is 15.0. The highest BCUT2D eigenvalue weighted by Gasteiger charge is 2.21. The van der Waals surface area contributed by atoms with Crippen molar-refractivity contribution in [2.24, 2.45) is 0 Å². The molecule has 0 bridgehead atoms. The quantitative estimate of drug-likeness (QED) is 0.761. The largest absolute Gasteiger partial charge is 0.478 e. The summed E-state index contributed by atoms with van der Waals surface area (Å²) in [6.45, 7) is 3.21. The van der Waals surface area contributed by atoms with E-state index in [2.05, 4.69) is 5.32 Å². The molecule has 1 atom stereocenters. The molecule has 6 nitrogen and oxygen atoms in total. The van der Waals surface area contributed by atoms with Crippen LogP contribution in [-0.2, 0) is 11.3 Å². The van der Waals surface area contributed by atoms with Gasteiger partial charge in [-0.25, -0.2) is 9.59 Å². The SMILES string of the molecule is COCCN(C(=O)NCc1ccc(C(=O)O)cc1)C(C)c1ccccc1. The van der Waals surface area contributed by atoms with Gasteiger partial charge in [-0.2, -0.15) is 0 Å². The van der Waals surface area contributed by atoms with Crippen LogP contribution in [0.1, 0.15) is 34.5 Å². The van der Waals surface area contributed by atoms with Gasteiger partial charge in [-0.1, -0.05) is 42.5 Å². The molecular weight excluding hydrogens is 332 g/mol. The van der Waals surface area contributed by atoms with Gasteiger partial charge < -0.3 is 20.1 Å². The number of benzene rings is 2. The Bertz CT molecular complexity index is 716. The van der Waals surface area contributed by atoms with E-state index in [1.807, 2.05) is 37.3 Å². The number of nitrogens with one attached hydrogen (secondary N) is 1. The van der Waals surface area contributed by atoms with Crippen molar-refractivity contribution in [3.05, 3.63) is 71.3 Å². The predicted molar refractivity (Wildman–Crippen MR) is 99.1 cm³/mol. The Balaban J connectivity index is 2.02. The van der Waals surface area contributed by atoms with E-state index in [4.69, 9.17) is 9.84 Å². The first-order chi connectivity index (χ1) is 12.5. The minimum absolute atomic E-state index is 0.0965. The summed E-state index contributed by atoms with van der Waals surface area (Å²) in [7, 11) is 1.60. The molecule has 2 aromatic rings. The number of methoxy groups -OCH3 is 1. The van der Waals surface area contributed by atoms with E-state index in [1.165, 1.54) is 12.1 Å². The minimum atomic E-state index is -0.969. The van der Waals surface area contributed by atoms with Crippen molar-refractivity contribution in [3.63, 3.8) is 0 Å². The molecule has 0 radical (unpaired) electrons. The number of nitrogens with zero attached hydrogens (tertiary/aromatic N) is 1. The molecule has 0 fully saturated rings. The van der Waals surface area contributed by atoms with Gasteiger partial charge >= 0.3 is 12.0 Å². The summed E-state index contributed by atoms with van der Waals surface area (Å²) >= 11 is 0. The van der Waals surface area contributed by atoms with E-state index >= 15 is 0 Å². The first kappa shape index (κ1) is 19.5. The molecule has 138 valence electrons. The molecule has 2 aromatic carbocycles. The third kappa shape index (κ3) is 5.32. The van der Waals surface area contributed by atoms with Crippen LogP contribution in [0.3, 0.4) is 0 Å². The Morgan fingerprint density at radius 3 is 2.35 bits per heavy atom. The summed E-state index contributed by atoms with van der Waals surface area (Å²) < 4.78 is 5.13. The van der Waals surface area contributed by atoms with Crippen molar-refractivity contribution >= 4 is 12.0 Å². The molecule has 0 heterocycles. The van der Waals surface area contributed by atoms with Crippen molar-refractivity contribution in [1.82, 2.24) is 10.2 Å². The number of carboxylic acid groups (broad SMARTS) is 1. The van der Waals surface area contributed by atoms with E-state index in [1.54, 1.807) is 24.1 Å². The predicted octanol–water partition coefficient (Wildman–Crippen LogP) is 3.30. The van der Waals surface area contributed by atoms with Gasteiger partial charge in [0.25, 0.3) is 0 Å². The second-order valence-electron chi connectivity index (χ2n) is 5.93. The summed E-state index contributed by atoms with van der Waals surface area (Å²) in [5.41, 5.74) is 2.10. The fourth-order valence-electron chi connectivity index (χ4n) is 2.62. The maximum atomic E-state index is 12.7. The van der Waals surface area contributed by atoms with Crippen LogP contribution in [0.25, 0.3) is 0 Å².